The molecular weight excluding hydrogens is 384 g/mol. The van der Waals surface area contributed by atoms with Crippen molar-refractivity contribution in [2.24, 2.45) is 5.16 Å². The third-order valence-corrected chi connectivity index (χ3v) is 6.23. The van der Waals surface area contributed by atoms with Crippen molar-refractivity contribution in [1.82, 2.24) is 24.5 Å². The van der Waals surface area contributed by atoms with Gasteiger partial charge in [-0.1, -0.05) is 42.4 Å². The summed E-state index contributed by atoms with van der Waals surface area (Å²) in [6.07, 6.45) is 5.65. The van der Waals surface area contributed by atoms with Crippen LogP contribution in [0.5, 0.6) is 0 Å². The van der Waals surface area contributed by atoms with E-state index in [-0.39, 0.29) is 6.61 Å². The van der Waals surface area contributed by atoms with Gasteiger partial charge in [0.15, 0.2) is 18.1 Å². The third-order valence-electron chi connectivity index (χ3n) is 5.11. The number of hydrogen-bond acceptors (Lipinski definition) is 7. The standard InChI is InChI=1S/C21H22N6OS/c1-2-9-26-10-8-16-17(12-26)29-21-19(16)20-24-18(25-27(20)14-22-21)13-28-23-11-15-6-4-3-5-7-15/h3-7,11,14H,2,8-10,12-13H2,1H3/b23-11-. The highest BCUT2D eigenvalue weighted by atomic mass is 32.1. The maximum Gasteiger partial charge on any atom is 0.192 e. The Labute approximate surface area is 172 Å². The van der Waals surface area contributed by atoms with Crippen molar-refractivity contribution in [2.75, 3.05) is 13.1 Å². The summed E-state index contributed by atoms with van der Waals surface area (Å²) in [5, 5.41) is 9.69. The van der Waals surface area contributed by atoms with E-state index in [1.165, 1.54) is 16.9 Å². The van der Waals surface area contributed by atoms with Gasteiger partial charge in [0.1, 0.15) is 11.2 Å². The van der Waals surface area contributed by atoms with Crippen LogP contribution in [0.25, 0.3) is 15.9 Å². The topological polar surface area (TPSA) is 67.9 Å². The molecule has 0 unspecified atom stereocenters. The maximum atomic E-state index is 5.41. The van der Waals surface area contributed by atoms with E-state index in [1.54, 1.807) is 28.4 Å². The fourth-order valence-electron chi connectivity index (χ4n) is 3.79. The van der Waals surface area contributed by atoms with E-state index >= 15 is 0 Å². The van der Waals surface area contributed by atoms with Crippen molar-refractivity contribution >= 4 is 33.4 Å². The Balaban J connectivity index is 1.39. The van der Waals surface area contributed by atoms with Gasteiger partial charge in [-0.15, -0.1) is 16.4 Å². The molecule has 0 fully saturated rings. The average molecular weight is 407 g/mol. The van der Waals surface area contributed by atoms with Crippen LogP contribution in [0.2, 0.25) is 0 Å². The Morgan fingerprint density at radius 2 is 2.17 bits per heavy atom. The number of nitrogens with zero attached hydrogens (tertiary/aromatic N) is 6. The molecule has 29 heavy (non-hydrogen) atoms. The normalized spacial score (nSPS) is 14.8. The van der Waals surface area contributed by atoms with E-state index in [4.69, 9.17) is 9.82 Å². The second kappa shape index (κ2) is 7.88. The molecular formula is C21H22N6OS. The van der Waals surface area contributed by atoms with Crippen molar-refractivity contribution in [3.8, 4) is 0 Å². The first-order valence-electron chi connectivity index (χ1n) is 9.89. The fraction of sp³-hybridized carbons (Fsp3) is 0.333. The highest BCUT2D eigenvalue weighted by molar-refractivity contribution is 7.19. The first-order valence-corrected chi connectivity index (χ1v) is 10.7. The number of hydrogen-bond donors (Lipinski definition) is 0. The van der Waals surface area contributed by atoms with Gasteiger partial charge < -0.3 is 4.84 Å². The van der Waals surface area contributed by atoms with Crippen LogP contribution in [0.15, 0.2) is 41.8 Å². The van der Waals surface area contributed by atoms with E-state index < -0.39 is 0 Å². The predicted octanol–water partition coefficient (Wildman–Crippen LogP) is 3.66. The van der Waals surface area contributed by atoms with Crippen LogP contribution in [0, 0.1) is 0 Å². The summed E-state index contributed by atoms with van der Waals surface area (Å²) in [5.41, 5.74) is 3.24. The molecule has 1 aliphatic rings. The van der Waals surface area contributed by atoms with E-state index in [0.717, 1.165) is 47.5 Å². The van der Waals surface area contributed by atoms with Gasteiger partial charge in [0.05, 0.1) is 11.6 Å². The van der Waals surface area contributed by atoms with Gasteiger partial charge in [-0.3, -0.25) is 4.90 Å². The second-order valence-corrected chi connectivity index (χ2v) is 8.25. The van der Waals surface area contributed by atoms with Crippen LogP contribution in [-0.4, -0.2) is 43.8 Å². The molecule has 0 amide bonds. The van der Waals surface area contributed by atoms with Gasteiger partial charge in [0, 0.05) is 18.0 Å². The van der Waals surface area contributed by atoms with E-state index in [2.05, 4.69) is 27.1 Å². The number of fused-ring (bicyclic) bond motifs is 5. The summed E-state index contributed by atoms with van der Waals surface area (Å²) in [7, 11) is 0. The molecule has 1 aromatic carbocycles. The molecule has 0 atom stereocenters. The lowest BCUT2D eigenvalue weighted by molar-refractivity contribution is 0.126. The van der Waals surface area contributed by atoms with Gasteiger partial charge >= 0.3 is 0 Å². The molecule has 1 aliphatic heterocycles. The molecule has 0 aliphatic carbocycles. The lowest BCUT2D eigenvalue weighted by atomic mass is 10.1. The van der Waals surface area contributed by atoms with Gasteiger partial charge in [-0.25, -0.2) is 14.5 Å². The Bertz CT molecular complexity index is 1170. The van der Waals surface area contributed by atoms with E-state index in [9.17, 15) is 0 Å². The molecule has 8 heteroatoms. The Morgan fingerprint density at radius 1 is 1.28 bits per heavy atom. The number of thiophene rings is 1. The second-order valence-electron chi connectivity index (χ2n) is 7.17. The first-order chi connectivity index (χ1) is 14.3. The molecule has 0 saturated carbocycles. The number of oxime groups is 1. The van der Waals surface area contributed by atoms with Gasteiger partial charge in [0.25, 0.3) is 0 Å². The summed E-state index contributed by atoms with van der Waals surface area (Å²) >= 11 is 1.78. The number of benzene rings is 1. The van der Waals surface area contributed by atoms with Crippen molar-refractivity contribution in [3.63, 3.8) is 0 Å². The zero-order valence-corrected chi connectivity index (χ0v) is 17.1. The molecule has 0 saturated heterocycles. The monoisotopic (exact) mass is 406 g/mol. The van der Waals surface area contributed by atoms with E-state index in [0.29, 0.717) is 5.82 Å². The molecule has 5 rings (SSSR count). The minimum atomic E-state index is 0.225. The zero-order chi connectivity index (χ0) is 19.6. The Morgan fingerprint density at radius 3 is 3.03 bits per heavy atom. The quantitative estimate of drug-likeness (QED) is 0.361. The lowest BCUT2D eigenvalue weighted by Crippen LogP contribution is -2.30. The maximum absolute atomic E-state index is 5.41. The summed E-state index contributed by atoms with van der Waals surface area (Å²) in [5.74, 6) is 0.605. The predicted molar refractivity (Wildman–Crippen MR) is 114 cm³/mol. The summed E-state index contributed by atoms with van der Waals surface area (Å²) < 4.78 is 1.76. The van der Waals surface area contributed by atoms with Crippen LogP contribution in [-0.2, 0) is 24.4 Å². The number of aromatic nitrogens is 4. The van der Waals surface area contributed by atoms with Crippen LogP contribution >= 0.6 is 11.3 Å². The molecule has 148 valence electrons. The first kappa shape index (κ1) is 18.2. The minimum absolute atomic E-state index is 0.225. The summed E-state index contributed by atoms with van der Waals surface area (Å²) in [4.78, 5) is 19.7. The fourth-order valence-corrected chi connectivity index (χ4v) is 5.01. The lowest BCUT2D eigenvalue weighted by Gasteiger charge is -2.26. The molecule has 4 aromatic rings. The van der Waals surface area contributed by atoms with Crippen LogP contribution < -0.4 is 0 Å². The van der Waals surface area contributed by atoms with Gasteiger partial charge in [-0.05, 0) is 30.5 Å². The van der Waals surface area contributed by atoms with Crippen LogP contribution in [0.4, 0.5) is 0 Å². The zero-order valence-electron chi connectivity index (χ0n) is 16.3. The smallest absolute Gasteiger partial charge is 0.192 e. The van der Waals surface area contributed by atoms with Crippen molar-refractivity contribution < 1.29 is 4.84 Å². The average Bonchev–Trinajstić information content (AvgIpc) is 3.32. The largest absolute Gasteiger partial charge is 0.387 e. The SMILES string of the molecule is CCCN1CCc2c(sc3ncn4nc(CO/N=C\c5ccccc5)nc4c23)C1. The minimum Gasteiger partial charge on any atom is -0.387 e. The Kier molecular flexibility index (Phi) is 4.95. The van der Waals surface area contributed by atoms with Gasteiger partial charge in [0.2, 0.25) is 0 Å². The van der Waals surface area contributed by atoms with Crippen LogP contribution in [0.3, 0.4) is 0 Å². The molecule has 4 heterocycles. The highest BCUT2D eigenvalue weighted by Crippen LogP contribution is 2.35. The summed E-state index contributed by atoms with van der Waals surface area (Å²) in [6, 6.07) is 9.84. The van der Waals surface area contributed by atoms with Crippen molar-refractivity contribution in [2.45, 2.75) is 32.9 Å². The molecule has 0 spiro atoms. The van der Waals surface area contributed by atoms with Crippen LogP contribution in [0.1, 0.15) is 35.2 Å². The van der Waals surface area contributed by atoms with Crippen molar-refractivity contribution in [1.29, 1.82) is 0 Å². The van der Waals surface area contributed by atoms with E-state index in [1.807, 2.05) is 30.3 Å². The molecule has 0 bridgehead atoms. The number of rotatable bonds is 6. The highest BCUT2D eigenvalue weighted by Gasteiger charge is 2.23. The Hall–Kier alpha value is -2.84. The van der Waals surface area contributed by atoms with Gasteiger partial charge in [-0.2, -0.15) is 0 Å². The van der Waals surface area contributed by atoms with Crippen molar-refractivity contribution in [3.05, 3.63) is 58.5 Å². The molecule has 3 aromatic heterocycles. The molecule has 0 radical (unpaired) electrons. The molecule has 0 N–H and O–H groups in total. The third kappa shape index (κ3) is 3.61. The molecule has 7 nitrogen and oxygen atoms in total. The summed E-state index contributed by atoms with van der Waals surface area (Å²) in [6.45, 7) is 5.70.